The predicted molar refractivity (Wildman–Crippen MR) is 82.9 cm³/mol. The fourth-order valence-electron chi connectivity index (χ4n) is 1.66. The maximum Gasteiger partial charge on any atom is 0.169 e. The minimum atomic E-state index is -0.417. The van der Waals surface area contributed by atoms with E-state index in [0.717, 1.165) is 6.54 Å². The third-order valence-electron chi connectivity index (χ3n) is 2.97. The molecule has 0 amide bonds. The van der Waals surface area contributed by atoms with Crippen LogP contribution in [0, 0.1) is 10.4 Å². The van der Waals surface area contributed by atoms with Crippen LogP contribution in [0.2, 0.25) is 0 Å². The normalized spacial score (nSPS) is 9.68. The van der Waals surface area contributed by atoms with Crippen LogP contribution in [0.1, 0.15) is 85.0 Å². The summed E-state index contributed by atoms with van der Waals surface area (Å²) < 4.78 is 0. The van der Waals surface area contributed by atoms with Crippen molar-refractivity contribution < 1.29 is 10.6 Å². The van der Waals surface area contributed by atoms with Gasteiger partial charge in [-0.15, -0.1) is 0 Å². The van der Waals surface area contributed by atoms with Gasteiger partial charge in [0.05, 0.1) is 6.54 Å². The number of hydrogen-bond acceptors (Lipinski definition) is 2. The zero-order chi connectivity index (χ0) is 14.9. The standard InChI is InChI=1S/C12H27N.C3H6NO2/c1-2-3-4-5-6-7-8-9-10-11-12-13;1-3(2)4(5)6/h2-13H2,1H3;1-2H3/q;-1/p+1. The van der Waals surface area contributed by atoms with E-state index in [9.17, 15) is 10.4 Å². The second-order valence-electron chi connectivity index (χ2n) is 5.24. The van der Waals surface area contributed by atoms with E-state index >= 15 is 0 Å². The van der Waals surface area contributed by atoms with Crippen LogP contribution < -0.4 is 5.73 Å². The second-order valence-corrected chi connectivity index (χ2v) is 5.24. The van der Waals surface area contributed by atoms with Gasteiger partial charge in [-0.2, -0.15) is 4.90 Å². The number of rotatable bonds is 10. The molecule has 3 N–H and O–H groups in total. The minimum Gasteiger partial charge on any atom is -0.612 e. The first kappa shape index (κ1) is 20.5. The largest absolute Gasteiger partial charge is 0.612 e. The molecule has 0 spiro atoms. The Bertz CT molecular complexity index is 178. The zero-order valence-electron chi connectivity index (χ0n) is 13.2. The molecule has 0 aromatic carbocycles. The molecule has 0 fully saturated rings. The molecule has 116 valence electrons. The molecule has 0 unspecified atom stereocenters. The van der Waals surface area contributed by atoms with Crippen molar-refractivity contribution >= 4 is 5.71 Å². The van der Waals surface area contributed by atoms with E-state index in [1.165, 1.54) is 78.1 Å². The van der Waals surface area contributed by atoms with Gasteiger partial charge in [-0.3, -0.25) is 0 Å². The maximum atomic E-state index is 9.47. The average molecular weight is 274 g/mol. The lowest BCUT2D eigenvalue weighted by atomic mass is 10.1. The summed E-state index contributed by atoms with van der Waals surface area (Å²) in [6.45, 7) is 6.31. The lowest BCUT2D eigenvalue weighted by molar-refractivity contribution is -0.380. The molecule has 0 aromatic heterocycles. The summed E-state index contributed by atoms with van der Waals surface area (Å²) in [5.74, 6) is 0. The summed E-state index contributed by atoms with van der Waals surface area (Å²) in [7, 11) is 0. The predicted octanol–water partition coefficient (Wildman–Crippen LogP) is 3.62. The molecule has 0 aromatic rings. The van der Waals surface area contributed by atoms with Crippen molar-refractivity contribution in [2.24, 2.45) is 0 Å². The van der Waals surface area contributed by atoms with Gasteiger partial charge in [0, 0.05) is 13.8 Å². The Kier molecular flexibility index (Phi) is 18.6. The number of nitrogens with zero attached hydrogens (tertiary/aromatic N) is 1. The van der Waals surface area contributed by atoms with Crippen molar-refractivity contribution in [2.75, 3.05) is 6.54 Å². The highest BCUT2D eigenvalue weighted by molar-refractivity contribution is 5.73. The van der Waals surface area contributed by atoms with Gasteiger partial charge in [0.1, 0.15) is 0 Å². The van der Waals surface area contributed by atoms with E-state index in [4.69, 9.17) is 0 Å². The zero-order valence-corrected chi connectivity index (χ0v) is 13.2. The molecule has 0 bridgehead atoms. The number of quaternary nitrogens is 1. The first-order chi connectivity index (χ1) is 9.06. The van der Waals surface area contributed by atoms with Gasteiger partial charge in [0.2, 0.25) is 0 Å². The van der Waals surface area contributed by atoms with E-state index in [2.05, 4.69) is 12.7 Å². The van der Waals surface area contributed by atoms with E-state index in [0.29, 0.717) is 0 Å². The maximum absolute atomic E-state index is 9.47. The van der Waals surface area contributed by atoms with E-state index in [-0.39, 0.29) is 5.71 Å². The van der Waals surface area contributed by atoms with Gasteiger partial charge in [0.25, 0.3) is 0 Å². The summed E-state index contributed by atoms with van der Waals surface area (Å²) in [5, 5.41) is 18.9. The van der Waals surface area contributed by atoms with Gasteiger partial charge in [-0.25, -0.2) is 0 Å². The van der Waals surface area contributed by atoms with Gasteiger partial charge in [-0.1, -0.05) is 58.3 Å². The molecule has 4 nitrogen and oxygen atoms in total. The molecule has 0 heterocycles. The van der Waals surface area contributed by atoms with Crippen LogP contribution in [0.5, 0.6) is 0 Å². The topological polar surface area (TPSA) is 76.8 Å². The van der Waals surface area contributed by atoms with Crippen LogP contribution in [0.25, 0.3) is 0 Å². The van der Waals surface area contributed by atoms with Gasteiger partial charge in [-0.05, 0) is 12.8 Å². The molecule has 4 heteroatoms. The summed E-state index contributed by atoms with van der Waals surface area (Å²) in [6, 6.07) is 0. The molecule has 0 radical (unpaired) electrons. The summed E-state index contributed by atoms with van der Waals surface area (Å²) in [4.78, 5) is -0.417. The number of unbranched alkanes of at least 4 members (excludes halogenated alkanes) is 9. The van der Waals surface area contributed by atoms with E-state index in [1.54, 1.807) is 0 Å². The Hall–Kier alpha value is -0.770. The highest BCUT2D eigenvalue weighted by Gasteiger charge is 1.91. The van der Waals surface area contributed by atoms with Crippen molar-refractivity contribution in [2.45, 2.75) is 85.0 Å². The van der Waals surface area contributed by atoms with Crippen LogP contribution in [0.15, 0.2) is 0 Å². The Balaban J connectivity index is 0. The Morgan fingerprint density at radius 2 is 1.11 bits per heavy atom. The lowest BCUT2D eigenvalue weighted by Gasteiger charge is -2.02. The molecule has 19 heavy (non-hydrogen) atoms. The van der Waals surface area contributed by atoms with Crippen molar-refractivity contribution in [3.8, 4) is 0 Å². The fourth-order valence-corrected chi connectivity index (χ4v) is 1.66. The van der Waals surface area contributed by atoms with Crippen molar-refractivity contribution in [1.29, 1.82) is 0 Å². The highest BCUT2D eigenvalue weighted by Crippen LogP contribution is 2.09. The van der Waals surface area contributed by atoms with Crippen LogP contribution in [-0.2, 0) is 0 Å². The monoisotopic (exact) mass is 274 g/mol. The highest BCUT2D eigenvalue weighted by atomic mass is 16.8. The van der Waals surface area contributed by atoms with Crippen LogP contribution in [-0.4, -0.2) is 17.2 Å². The fraction of sp³-hybridized carbons (Fsp3) is 0.933. The van der Waals surface area contributed by atoms with Gasteiger partial charge >= 0.3 is 0 Å². The molecule has 0 atom stereocenters. The molecule has 0 aliphatic rings. The quantitative estimate of drug-likeness (QED) is 0.286. The molecule has 0 aliphatic heterocycles. The second kappa shape index (κ2) is 17.2. The number of hydrogen-bond donors (Lipinski definition) is 1. The van der Waals surface area contributed by atoms with E-state index in [1.807, 2.05) is 0 Å². The van der Waals surface area contributed by atoms with Crippen LogP contribution in [0.4, 0.5) is 0 Å². The first-order valence-electron chi connectivity index (χ1n) is 7.80. The molecular formula is C15H34N2O2. The molecular weight excluding hydrogens is 240 g/mol. The molecule has 0 saturated carbocycles. The van der Waals surface area contributed by atoms with Crippen molar-refractivity contribution in [1.82, 2.24) is 0 Å². The molecule has 0 saturated heterocycles. The molecule has 0 rings (SSSR count). The van der Waals surface area contributed by atoms with Crippen molar-refractivity contribution in [3.63, 3.8) is 0 Å². The minimum absolute atomic E-state index is 0.231. The first-order valence-corrected chi connectivity index (χ1v) is 7.80. The third-order valence-corrected chi connectivity index (χ3v) is 2.97. The SMILES string of the molecule is CC(C)=[N+]([O-])[O-].CCCCCCCCCCCC[NH3+]. The van der Waals surface area contributed by atoms with Gasteiger partial charge in [0.15, 0.2) is 5.71 Å². The smallest absolute Gasteiger partial charge is 0.169 e. The lowest BCUT2D eigenvalue weighted by Crippen LogP contribution is -2.50. The van der Waals surface area contributed by atoms with E-state index < -0.39 is 4.90 Å². The van der Waals surface area contributed by atoms with Crippen molar-refractivity contribution in [3.05, 3.63) is 10.4 Å². The summed E-state index contributed by atoms with van der Waals surface area (Å²) in [5.41, 5.74) is 4.08. The Morgan fingerprint density at radius 1 is 0.789 bits per heavy atom. The summed E-state index contributed by atoms with van der Waals surface area (Å²) >= 11 is 0. The van der Waals surface area contributed by atoms with Crippen LogP contribution in [0.3, 0.4) is 0 Å². The molecule has 0 aliphatic carbocycles. The Labute approximate surface area is 119 Å². The third kappa shape index (κ3) is 22.8. The van der Waals surface area contributed by atoms with Crippen LogP contribution >= 0.6 is 0 Å². The van der Waals surface area contributed by atoms with Gasteiger partial charge < -0.3 is 16.1 Å². The Morgan fingerprint density at radius 3 is 1.37 bits per heavy atom. The average Bonchev–Trinajstić information content (AvgIpc) is 2.37. The summed E-state index contributed by atoms with van der Waals surface area (Å²) in [6.07, 6.45) is 14.2.